The number of carboxylic acids is 2. The van der Waals surface area contributed by atoms with E-state index >= 15 is 0 Å². The molecule has 0 amide bonds. The van der Waals surface area contributed by atoms with Gasteiger partial charge in [0.25, 0.3) is 5.69 Å². The van der Waals surface area contributed by atoms with Gasteiger partial charge >= 0.3 is 11.9 Å². The van der Waals surface area contributed by atoms with Crippen molar-refractivity contribution in [2.45, 2.75) is 13.5 Å². The van der Waals surface area contributed by atoms with Crippen LogP contribution in [-0.4, -0.2) is 33.9 Å². The normalized spacial score (nSPS) is 11.1. The van der Waals surface area contributed by atoms with E-state index in [2.05, 4.69) is 5.32 Å². The highest BCUT2D eigenvalue weighted by molar-refractivity contribution is 6.27. The zero-order chi connectivity index (χ0) is 20.0. The van der Waals surface area contributed by atoms with Crippen molar-refractivity contribution in [3.05, 3.63) is 57.6 Å². The first-order chi connectivity index (χ1) is 12.8. The highest BCUT2D eigenvalue weighted by Crippen LogP contribution is 2.32. The molecule has 0 aromatic heterocycles. The fraction of sp³-hybridized carbons (Fsp3) is 0.176. The van der Waals surface area contributed by atoms with Gasteiger partial charge in [-0.2, -0.15) is 0 Å². The van der Waals surface area contributed by atoms with Gasteiger partial charge < -0.3 is 25.0 Å². The summed E-state index contributed by atoms with van der Waals surface area (Å²) in [6.07, 6.45) is 0. The average molecular weight is 376 g/mol. The van der Waals surface area contributed by atoms with E-state index in [0.29, 0.717) is 6.54 Å². The largest absolute Gasteiger partial charge is 0.473 e. The van der Waals surface area contributed by atoms with Gasteiger partial charge in [-0.15, -0.1) is 0 Å². The van der Waals surface area contributed by atoms with E-state index < -0.39 is 16.9 Å². The van der Waals surface area contributed by atoms with E-state index in [0.717, 1.165) is 28.3 Å². The number of nitro benzene ring substituents is 1. The summed E-state index contributed by atoms with van der Waals surface area (Å²) in [6, 6.07) is 10.5. The second-order valence-corrected chi connectivity index (χ2v) is 5.41. The standard InChI is InChI=1S/C15H14N2O4.C2H2O4/c1-10-6-12(17(18)19)3-4-13(10)16-8-11-2-5-14-15(7-11)21-9-20-14;3-1(4)2(5)6/h2-7,16H,8-9H2,1H3;(H,3,4)(H,5,6). The Labute approximate surface area is 153 Å². The molecule has 0 spiro atoms. The SMILES string of the molecule is Cc1cc([N+](=O)[O-])ccc1NCc1ccc2c(c1)OCO2.O=C(O)C(=O)O. The van der Waals surface area contributed by atoms with Gasteiger partial charge in [-0.25, -0.2) is 9.59 Å². The van der Waals surface area contributed by atoms with Crippen LogP contribution in [-0.2, 0) is 16.1 Å². The molecule has 0 saturated heterocycles. The molecular weight excluding hydrogens is 360 g/mol. The van der Waals surface area contributed by atoms with Crippen LogP contribution in [0.3, 0.4) is 0 Å². The topological polar surface area (TPSA) is 148 Å². The molecule has 3 rings (SSSR count). The Morgan fingerprint density at radius 1 is 1.11 bits per heavy atom. The summed E-state index contributed by atoms with van der Waals surface area (Å²) in [5.74, 6) is -2.15. The molecule has 142 valence electrons. The van der Waals surface area contributed by atoms with Gasteiger partial charge in [0.1, 0.15) is 0 Å². The summed E-state index contributed by atoms with van der Waals surface area (Å²) < 4.78 is 10.6. The number of aryl methyl sites for hydroxylation is 1. The number of nitrogens with one attached hydrogen (secondary N) is 1. The molecule has 0 fully saturated rings. The maximum Gasteiger partial charge on any atom is 0.414 e. The van der Waals surface area contributed by atoms with Gasteiger partial charge in [-0.05, 0) is 36.2 Å². The van der Waals surface area contributed by atoms with Crippen LogP contribution in [0.2, 0.25) is 0 Å². The molecule has 0 saturated carbocycles. The van der Waals surface area contributed by atoms with Crippen molar-refractivity contribution in [3.8, 4) is 11.5 Å². The van der Waals surface area contributed by atoms with Crippen LogP contribution in [0, 0.1) is 17.0 Å². The lowest BCUT2D eigenvalue weighted by Gasteiger charge is -2.10. The molecule has 0 atom stereocenters. The van der Waals surface area contributed by atoms with Gasteiger partial charge in [0.2, 0.25) is 6.79 Å². The van der Waals surface area contributed by atoms with Crippen LogP contribution >= 0.6 is 0 Å². The van der Waals surface area contributed by atoms with Crippen LogP contribution in [0.15, 0.2) is 36.4 Å². The molecule has 27 heavy (non-hydrogen) atoms. The van der Waals surface area contributed by atoms with Crippen LogP contribution < -0.4 is 14.8 Å². The van der Waals surface area contributed by atoms with Crippen LogP contribution in [0.4, 0.5) is 11.4 Å². The molecular formula is C17H16N2O8. The predicted molar refractivity (Wildman–Crippen MR) is 93.0 cm³/mol. The fourth-order valence-corrected chi connectivity index (χ4v) is 2.21. The van der Waals surface area contributed by atoms with Crippen LogP contribution in [0.1, 0.15) is 11.1 Å². The molecule has 3 N–H and O–H groups in total. The molecule has 2 aromatic carbocycles. The number of rotatable bonds is 4. The minimum Gasteiger partial charge on any atom is -0.473 e. The van der Waals surface area contributed by atoms with E-state index in [-0.39, 0.29) is 12.5 Å². The number of carboxylic acid groups (broad SMARTS) is 2. The van der Waals surface area contributed by atoms with Gasteiger partial charge in [0.05, 0.1) is 4.92 Å². The Morgan fingerprint density at radius 3 is 2.37 bits per heavy atom. The Balaban J connectivity index is 0.000000380. The third-order valence-electron chi connectivity index (χ3n) is 3.52. The van der Waals surface area contributed by atoms with E-state index in [9.17, 15) is 10.1 Å². The van der Waals surface area contributed by atoms with E-state index in [1.807, 2.05) is 25.1 Å². The van der Waals surface area contributed by atoms with Crippen molar-refractivity contribution >= 4 is 23.3 Å². The summed E-state index contributed by atoms with van der Waals surface area (Å²) in [5, 5.41) is 28.8. The molecule has 0 radical (unpaired) electrons. The van der Waals surface area contributed by atoms with Crippen molar-refractivity contribution in [2.24, 2.45) is 0 Å². The van der Waals surface area contributed by atoms with E-state index in [1.54, 1.807) is 12.1 Å². The fourth-order valence-electron chi connectivity index (χ4n) is 2.21. The number of aliphatic carboxylic acids is 2. The van der Waals surface area contributed by atoms with Gasteiger partial charge in [0.15, 0.2) is 11.5 Å². The first kappa shape index (κ1) is 19.5. The number of hydrogen-bond donors (Lipinski definition) is 3. The number of carbonyl (C=O) groups is 2. The number of benzene rings is 2. The lowest BCUT2D eigenvalue weighted by Crippen LogP contribution is -2.09. The third-order valence-corrected chi connectivity index (χ3v) is 3.52. The lowest BCUT2D eigenvalue weighted by molar-refractivity contribution is -0.384. The van der Waals surface area contributed by atoms with Crippen molar-refractivity contribution < 1.29 is 34.2 Å². The minimum atomic E-state index is -1.82. The number of nitro groups is 1. The lowest BCUT2D eigenvalue weighted by atomic mass is 10.1. The maximum atomic E-state index is 10.7. The number of anilines is 1. The first-order valence-electron chi connectivity index (χ1n) is 7.61. The third kappa shape index (κ3) is 5.33. The molecule has 1 aliphatic rings. The number of nitrogens with zero attached hydrogens (tertiary/aromatic N) is 1. The number of non-ortho nitro benzene ring substituents is 1. The smallest absolute Gasteiger partial charge is 0.414 e. The highest BCUT2D eigenvalue weighted by Gasteiger charge is 2.13. The summed E-state index contributed by atoms with van der Waals surface area (Å²) >= 11 is 0. The second-order valence-electron chi connectivity index (χ2n) is 5.41. The molecule has 10 heteroatoms. The maximum absolute atomic E-state index is 10.7. The average Bonchev–Trinajstić information content (AvgIpc) is 3.08. The Hall–Kier alpha value is -3.82. The number of hydrogen-bond acceptors (Lipinski definition) is 7. The van der Waals surface area contributed by atoms with Gasteiger partial charge in [0, 0.05) is 24.4 Å². The van der Waals surface area contributed by atoms with Crippen molar-refractivity contribution in [2.75, 3.05) is 12.1 Å². The van der Waals surface area contributed by atoms with E-state index in [1.165, 1.54) is 6.07 Å². The molecule has 2 aromatic rings. The first-order valence-corrected chi connectivity index (χ1v) is 7.61. The monoisotopic (exact) mass is 376 g/mol. The Kier molecular flexibility index (Phi) is 6.15. The predicted octanol–water partition coefficient (Wildman–Crippen LogP) is 2.40. The summed E-state index contributed by atoms with van der Waals surface area (Å²) in [7, 11) is 0. The van der Waals surface area contributed by atoms with E-state index in [4.69, 9.17) is 29.3 Å². The van der Waals surface area contributed by atoms with Crippen LogP contribution in [0.5, 0.6) is 11.5 Å². The Bertz CT molecular complexity index is 869. The Morgan fingerprint density at radius 2 is 1.78 bits per heavy atom. The van der Waals surface area contributed by atoms with Crippen LogP contribution in [0.25, 0.3) is 0 Å². The summed E-state index contributed by atoms with van der Waals surface area (Å²) in [4.78, 5) is 28.5. The second kappa shape index (κ2) is 8.52. The molecule has 1 heterocycles. The summed E-state index contributed by atoms with van der Waals surface area (Å²) in [6.45, 7) is 2.71. The van der Waals surface area contributed by atoms with Crippen molar-refractivity contribution in [1.29, 1.82) is 0 Å². The van der Waals surface area contributed by atoms with Gasteiger partial charge in [-0.3, -0.25) is 10.1 Å². The molecule has 0 bridgehead atoms. The molecule has 0 unspecified atom stereocenters. The van der Waals surface area contributed by atoms with Gasteiger partial charge in [-0.1, -0.05) is 6.07 Å². The zero-order valence-electron chi connectivity index (χ0n) is 14.2. The van der Waals surface area contributed by atoms with Crippen molar-refractivity contribution in [3.63, 3.8) is 0 Å². The molecule has 1 aliphatic heterocycles. The molecule has 10 nitrogen and oxygen atoms in total. The number of fused-ring (bicyclic) bond motifs is 1. The molecule has 0 aliphatic carbocycles. The quantitative estimate of drug-likeness (QED) is 0.415. The summed E-state index contributed by atoms with van der Waals surface area (Å²) in [5.41, 5.74) is 2.86. The van der Waals surface area contributed by atoms with Crippen molar-refractivity contribution in [1.82, 2.24) is 0 Å². The number of ether oxygens (including phenoxy) is 2. The highest BCUT2D eigenvalue weighted by atomic mass is 16.7. The zero-order valence-corrected chi connectivity index (χ0v) is 14.2. The minimum absolute atomic E-state index is 0.0983.